The van der Waals surface area contributed by atoms with Crippen LogP contribution in [0.2, 0.25) is 0 Å². The third-order valence-electron chi connectivity index (χ3n) is 2.56. The van der Waals surface area contributed by atoms with E-state index in [0.29, 0.717) is 6.42 Å². The monoisotopic (exact) mass is 361 g/mol. The normalized spacial score (nSPS) is 10.3. The van der Waals surface area contributed by atoms with Gasteiger partial charge in [-0.05, 0) is 31.0 Å². The Labute approximate surface area is 120 Å². The molecule has 94 valence electrons. The summed E-state index contributed by atoms with van der Waals surface area (Å²) in [5.74, 6) is 0.204. The van der Waals surface area contributed by atoms with Crippen molar-refractivity contribution < 1.29 is 4.79 Å². The highest BCUT2D eigenvalue weighted by atomic mass is 79.9. The van der Waals surface area contributed by atoms with Crippen LogP contribution in [0.3, 0.4) is 0 Å². The molecule has 0 saturated heterocycles. The van der Waals surface area contributed by atoms with E-state index in [-0.39, 0.29) is 5.91 Å². The smallest absolute Gasteiger partial charge is 0.226 e. The predicted octanol–water partition coefficient (Wildman–Crippen LogP) is 3.63. The Bertz CT molecular complexity index is 351. The highest BCUT2D eigenvalue weighted by Gasteiger charge is 2.11. The van der Waals surface area contributed by atoms with Crippen LogP contribution in [0.25, 0.3) is 0 Å². The summed E-state index contributed by atoms with van der Waals surface area (Å²) in [4.78, 5) is 13.9. The molecule has 0 aliphatic rings. The van der Waals surface area contributed by atoms with Gasteiger partial charge in [0.1, 0.15) is 0 Å². The summed E-state index contributed by atoms with van der Waals surface area (Å²) < 4.78 is 1.04. The van der Waals surface area contributed by atoms with Gasteiger partial charge in [0.2, 0.25) is 5.91 Å². The zero-order valence-electron chi connectivity index (χ0n) is 9.96. The van der Waals surface area contributed by atoms with E-state index >= 15 is 0 Å². The first-order valence-electron chi connectivity index (χ1n) is 5.75. The minimum Gasteiger partial charge on any atom is -0.343 e. The van der Waals surface area contributed by atoms with Crippen molar-refractivity contribution in [2.24, 2.45) is 0 Å². The van der Waals surface area contributed by atoms with Crippen LogP contribution in [0.4, 0.5) is 0 Å². The average molecular weight is 363 g/mol. The number of hydrogen-bond donors (Lipinski definition) is 0. The Kier molecular flexibility index (Phi) is 6.82. The molecule has 0 unspecified atom stereocenters. The number of amides is 1. The second-order valence-corrected chi connectivity index (χ2v) is 5.53. The quantitative estimate of drug-likeness (QED) is 0.707. The highest BCUT2D eigenvalue weighted by Crippen LogP contribution is 2.11. The molecule has 0 spiro atoms. The zero-order chi connectivity index (χ0) is 12.7. The fourth-order valence-corrected chi connectivity index (χ4v) is 2.11. The van der Waals surface area contributed by atoms with Crippen molar-refractivity contribution >= 4 is 37.8 Å². The van der Waals surface area contributed by atoms with Gasteiger partial charge < -0.3 is 4.90 Å². The Morgan fingerprint density at radius 3 is 2.47 bits per heavy atom. The minimum absolute atomic E-state index is 0.204. The first kappa shape index (κ1) is 14.7. The van der Waals surface area contributed by atoms with Gasteiger partial charge in [0.15, 0.2) is 0 Å². The molecule has 2 nitrogen and oxygen atoms in total. The molecule has 0 heterocycles. The van der Waals surface area contributed by atoms with Crippen LogP contribution in [0.5, 0.6) is 0 Å². The Balaban J connectivity index is 2.54. The fraction of sp³-hybridized carbons (Fsp3) is 0.462. The molecule has 1 rings (SSSR count). The molecular formula is C13H17Br2NO. The van der Waals surface area contributed by atoms with Crippen molar-refractivity contribution in [3.05, 3.63) is 34.3 Å². The van der Waals surface area contributed by atoms with Gasteiger partial charge in [-0.15, -0.1) is 0 Å². The molecule has 0 fully saturated rings. The number of likely N-dealkylation sites (N-methyl/N-ethyl adjacent to an activating group) is 1. The van der Waals surface area contributed by atoms with Gasteiger partial charge in [0.25, 0.3) is 0 Å². The van der Waals surface area contributed by atoms with Gasteiger partial charge in [-0.2, -0.15) is 0 Å². The number of halogens is 2. The molecule has 1 aromatic rings. The number of carbonyl (C=O) groups is 1. The maximum atomic E-state index is 12.0. The van der Waals surface area contributed by atoms with Gasteiger partial charge in [-0.3, -0.25) is 4.79 Å². The Morgan fingerprint density at radius 1 is 1.29 bits per heavy atom. The first-order valence-corrected chi connectivity index (χ1v) is 7.67. The lowest BCUT2D eigenvalue weighted by atomic mass is 10.1. The van der Waals surface area contributed by atoms with Crippen LogP contribution in [0, 0.1) is 0 Å². The van der Waals surface area contributed by atoms with Crippen LogP contribution >= 0.6 is 31.9 Å². The predicted molar refractivity (Wildman–Crippen MR) is 78.5 cm³/mol. The van der Waals surface area contributed by atoms with Crippen molar-refractivity contribution in [1.29, 1.82) is 0 Å². The van der Waals surface area contributed by atoms with Crippen molar-refractivity contribution in [2.75, 3.05) is 18.4 Å². The van der Waals surface area contributed by atoms with Crippen molar-refractivity contribution in [3.63, 3.8) is 0 Å². The lowest BCUT2D eigenvalue weighted by molar-refractivity contribution is -0.130. The van der Waals surface area contributed by atoms with Crippen LogP contribution < -0.4 is 0 Å². The zero-order valence-corrected chi connectivity index (χ0v) is 13.1. The van der Waals surface area contributed by atoms with E-state index in [1.54, 1.807) is 0 Å². The summed E-state index contributed by atoms with van der Waals surface area (Å²) in [5.41, 5.74) is 1.07. The van der Waals surface area contributed by atoms with Gasteiger partial charge in [0, 0.05) is 22.9 Å². The van der Waals surface area contributed by atoms with E-state index in [2.05, 4.69) is 31.9 Å². The lowest BCUT2D eigenvalue weighted by Crippen LogP contribution is -2.33. The van der Waals surface area contributed by atoms with E-state index < -0.39 is 0 Å². The number of benzene rings is 1. The molecule has 0 saturated carbocycles. The number of rotatable bonds is 6. The number of hydrogen-bond acceptors (Lipinski definition) is 1. The molecule has 1 aromatic carbocycles. The summed E-state index contributed by atoms with van der Waals surface area (Å²) in [6, 6.07) is 7.91. The third kappa shape index (κ3) is 5.21. The Hall–Kier alpha value is -0.350. The topological polar surface area (TPSA) is 20.3 Å². The molecule has 0 atom stereocenters. The van der Waals surface area contributed by atoms with Gasteiger partial charge in [0.05, 0.1) is 6.42 Å². The van der Waals surface area contributed by atoms with Gasteiger partial charge in [-0.25, -0.2) is 0 Å². The molecule has 0 radical (unpaired) electrons. The summed E-state index contributed by atoms with van der Waals surface area (Å²) in [7, 11) is 0. The molecule has 0 bridgehead atoms. The van der Waals surface area contributed by atoms with Crippen LogP contribution in [0.15, 0.2) is 28.7 Å². The molecule has 4 heteroatoms. The summed E-state index contributed by atoms with van der Waals surface area (Å²) >= 11 is 6.78. The molecule has 0 aromatic heterocycles. The standard InChI is InChI=1S/C13H17Br2NO/c1-2-16(9-3-8-14)13(17)10-11-4-6-12(15)7-5-11/h4-7H,2-3,8-10H2,1H3. The van der Waals surface area contributed by atoms with Crippen molar-refractivity contribution in [1.82, 2.24) is 4.90 Å². The second kappa shape index (κ2) is 7.88. The second-order valence-electron chi connectivity index (χ2n) is 3.82. The van der Waals surface area contributed by atoms with E-state index in [1.165, 1.54) is 0 Å². The largest absolute Gasteiger partial charge is 0.343 e. The van der Waals surface area contributed by atoms with E-state index in [9.17, 15) is 4.79 Å². The van der Waals surface area contributed by atoms with Crippen LogP contribution in [-0.2, 0) is 11.2 Å². The maximum absolute atomic E-state index is 12.0. The number of nitrogens with zero attached hydrogens (tertiary/aromatic N) is 1. The van der Waals surface area contributed by atoms with Crippen LogP contribution in [0.1, 0.15) is 18.9 Å². The number of carbonyl (C=O) groups excluding carboxylic acids is 1. The molecule has 0 N–H and O–H groups in total. The molecular weight excluding hydrogens is 346 g/mol. The molecule has 0 aliphatic carbocycles. The summed E-state index contributed by atoms with van der Waals surface area (Å²) in [6.45, 7) is 3.63. The summed E-state index contributed by atoms with van der Waals surface area (Å²) in [6.07, 6.45) is 1.49. The van der Waals surface area contributed by atoms with Gasteiger partial charge >= 0.3 is 0 Å². The number of alkyl halides is 1. The highest BCUT2D eigenvalue weighted by molar-refractivity contribution is 9.10. The first-order chi connectivity index (χ1) is 8.17. The minimum atomic E-state index is 0.204. The fourth-order valence-electron chi connectivity index (χ4n) is 1.60. The van der Waals surface area contributed by atoms with Crippen molar-refractivity contribution in [3.8, 4) is 0 Å². The average Bonchev–Trinajstić information content (AvgIpc) is 2.33. The third-order valence-corrected chi connectivity index (χ3v) is 3.65. The van der Waals surface area contributed by atoms with Crippen LogP contribution in [-0.4, -0.2) is 29.2 Å². The van der Waals surface area contributed by atoms with E-state index in [0.717, 1.165) is 34.9 Å². The Morgan fingerprint density at radius 2 is 1.94 bits per heavy atom. The SMILES string of the molecule is CCN(CCCBr)C(=O)Cc1ccc(Br)cc1. The summed E-state index contributed by atoms with van der Waals surface area (Å²) in [5, 5.41) is 0.940. The lowest BCUT2D eigenvalue weighted by Gasteiger charge is -2.20. The van der Waals surface area contributed by atoms with E-state index in [1.807, 2.05) is 36.1 Å². The molecule has 1 amide bonds. The van der Waals surface area contributed by atoms with E-state index in [4.69, 9.17) is 0 Å². The van der Waals surface area contributed by atoms with Gasteiger partial charge in [-0.1, -0.05) is 44.0 Å². The molecule has 0 aliphatic heterocycles. The van der Waals surface area contributed by atoms with Crippen molar-refractivity contribution in [2.45, 2.75) is 19.8 Å². The maximum Gasteiger partial charge on any atom is 0.226 e. The molecule has 17 heavy (non-hydrogen) atoms.